The second-order valence-electron chi connectivity index (χ2n) is 7.12. The first-order chi connectivity index (χ1) is 13.0. The lowest BCUT2D eigenvalue weighted by Crippen LogP contribution is -2.48. The van der Waals surface area contributed by atoms with Gasteiger partial charge in [-0.3, -0.25) is 9.69 Å². The fourth-order valence-electron chi connectivity index (χ4n) is 3.19. The SMILES string of the molecule is COC(=O)c1ccc(C(=O)N2CCN(Cc3ccc(C(C)C)cc3)CC2)s1. The van der Waals surface area contributed by atoms with Gasteiger partial charge in [-0.05, 0) is 29.2 Å². The molecule has 0 aliphatic carbocycles. The third-order valence-corrected chi connectivity index (χ3v) is 5.97. The summed E-state index contributed by atoms with van der Waals surface area (Å²) in [5.74, 6) is 0.147. The maximum Gasteiger partial charge on any atom is 0.348 e. The summed E-state index contributed by atoms with van der Waals surface area (Å²) in [4.78, 5) is 29.5. The third-order valence-electron chi connectivity index (χ3n) is 4.92. The zero-order valence-electron chi connectivity index (χ0n) is 16.1. The number of esters is 1. The molecular weight excluding hydrogens is 360 g/mol. The third kappa shape index (κ3) is 4.76. The zero-order chi connectivity index (χ0) is 19.4. The molecule has 0 unspecified atom stereocenters. The van der Waals surface area contributed by atoms with Crippen molar-refractivity contribution in [3.63, 3.8) is 0 Å². The maximum absolute atomic E-state index is 12.7. The predicted octanol–water partition coefficient (Wildman–Crippen LogP) is 3.62. The van der Waals surface area contributed by atoms with E-state index in [1.54, 1.807) is 12.1 Å². The van der Waals surface area contributed by atoms with Crippen molar-refractivity contribution in [1.82, 2.24) is 9.80 Å². The van der Waals surface area contributed by atoms with Crippen LogP contribution in [0.25, 0.3) is 0 Å². The molecule has 1 aliphatic heterocycles. The van der Waals surface area contributed by atoms with Crippen molar-refractivity contribution in [2.45, 2.75) is 26.3 Å². The van der Waals surface area contributed by atoms with Crippen molar-refractivity contribution in [3.8, 4) is 0 Å². The summed E-state index contributed by atoms with van der Waals surface area (Å²) in [6.07, 6.45) is 0. The van der Waals surface area contributed by atoms with Crippen molar-refractivity contribution in [3.05, 3.63) is 57.3 Å². The Labute approximate surface area is 164 Å². The highest BCUT2D eigenvalue weighted by Crippen LogP contribution is 2.21. The molecule has 3 rings (SSSR count). The number of nitrogens with zero attached hydrogens (tertiary/aromatic N) is 2. The van der Waals surface area contributed by atoms with Crippen LogP contribution in [0.4, 0.5) is 0 Å². The molecule has 6 heteroatoms. The van der Waals surface area contributed by atoms with E-state index in [1.807, 2.05) is 4.90 Å². The first kappa shape index (κ1) is 19.6. The Morgan fingerprint density at radius 3 is 2.22 bits per heavy atom. The minimum atomic E-state index is -0.396. The van der Waals surface area contributed by atoms with E-state index in [9.17, 15) is 9.59 Å². The molecule has 1 fully saturated rings. The van der Waals surface area contributed by atoms with Crippen LogP contribution >= 0.6 is 11.3 Å². The van der Waals surface area contributed by atoms with Crippen LogP contribution in [-0.4, -0.2) is 55.0 Å². The van der Waals surface area contributed by atoms with Gasteiger partial charge < -0.3 is 9.64 Å². The second kappa shape index (κ2) is 8.67. The zero-order valence-corrected chi connectivity index (χ0v) is 16.9. The van der Waals surface area contributed by atoms with Crippen LogP contribution in [0.2, 0.25) is 0 Å². The fourth-order valence-corrected chi connectivity index (χ4v) is 4.09. The van der Waals surface area contributed by atoms with E-state index in [0.29, 0.717) is 28.8 Å². The molecule has 0 saturated carbocycles. The average molecular weight is 387 g/mol. The summed E-state index contributed by atoms with van der Waals surface area (Å²) in [7, 11) is 1.35. The summed E-state index contributed by atoms with van der Waals surface area (Å²) >= 11 is 1.19. The molecule has 1 saturated heterocycles. The molecule has 144 valence electrons. The number of rotatable bonds is 5. The van der Waals surface area contributed by atoms with Crippen molar-refractivity contribution in [1.29, 1.82) is 0 Å². The van der Waals surface area contributed by atoms with Crippen LogP contribution in [-0.2, 0) is 11.3 Å². The summed E-state index contributed by atoms with van der Waals surface area (Å²) in [5, 5.41) is 0. The van der Waals surface area contributed by atoms with Crippen LogP contribution in [0.15, 0.2) is 36.4 Å². The van der Waals surface area contributed by atoms with Crippen molar-refractivity contribution in [2.24, 2.45) is 0 Å². The summed E-state index contributed by atoms with van der Waals surface area (Å²) in [5.41, 5.74) is 2.66. The largest absolute Gasteiger partial charge is 0.465 e. The van der Waals surface area contributed by atoms with Gasteiger partial charge in [0.1, 0.15) is 4.88 Å². The Bertz CT molecular complexity index is 790. The van der Waals surface area contributed by atoms with Gasteiger partial charge in [-0.2, -0.15) is 0 Å². The fraction of sp³-hybridized carbons (Fsp3) is 0.429. The van der Waals surface area contributed by atoms with E-state index < -0.39 is 5.97 Å². The number of methoxy groups -OCH3 is 1. The van der Waals surface area contributed by atoms with Crippen LogP contribution in [0.5, 0.6) is 0 Å². The molecular formula is C21H26N2O3S. The van der Waals surface area contributed by atoms with Crippen LogP contribution < -0.4 is 0 Å². The molecule has 0 spiro atoms. The Balaban J connectivity index is 1.53. The van der Waals surface area contributed by atoms with Gasteiger partial charge in [0.05, 0.1) is 12.0 Å². The molecule has 1 aromatic heterocycles. The number of hydrogen-bond acceptors (Lipinski definition) is 5. The summed E-state index contributed by atoms with van der Waals surface area (Å²) in [6.45, 7) is 8.42. The van der Waals surface area contributed by atoms with E-state index in [0.717, 1.165) is 19.6 Å². The lowest BCUT2D eigenvalue weighted by atomic mass is 10.0. The molecule has 0 N–H and O–H groups in total. The van der Waals surface area contributed by atoms with E-state index >= 15 is 0 Å². The lowest BCUT2D eigenvalue weighted by Gasteiger charge is -2.34. The number of piperazine rings is 1. The van der Waals surface area contributed by atoms with Crippen molar-refractivity contribution < 1.29 is 14.3 Å². The Hall–Kier alpha value is -2.18. The monoisotopic (exact) mass is 386 g/mol. The molecule has 0 radical (unpaired) electrons. The second-order valence-corrected chi connectivity index (χ2v) is 8.20. The molecule has 27 heavy (non-hydrogen) atoms. The van der Waals surface area contributed by atoms with Crippen molar-refractivity contribution in [2.75, 3.05) is 33.3 Å². The van der Waals surface area contributed by atoms with Gasteiger partial charge in [0.25, 0.3) is 5.91 Å². The minimum Gasteiger partial charge on any atom is -0.465 e. The normalized spacial score (nSPS) is 15.2. The number of hydrogen-bond donors (Lipinski definition) is 0. The number of thiophene rings is 1. The number of carbonyl (C=O) groups is 2. The maximum atomic E-state index is 12.7. The number of amides is 1. The molecule has 1 amide bonds. The quantitative estimate of drug-likeness (QED) is 0.737. The first-order valence-electron chi connectivity index (χ1n) is 9.26. The van der Waals surface area contributed by atoms with E-state index in [-0.39, 0.29) is 5.91 Å². The van der Waals surface area contributed by atoms with Crippen LogP contribution in [0, 0.1) is 0 Å². The molecule has 5 nitrogen and oxygen atoms in total. The number of carbonyl (C=O) groups excluding carboxylic acids is 2. The van der Waals surface area contributed by atoms with Gasteiger partial charge in [-0.1, -0.05) is 38.1 Å². The summed E-state index contributed by atoms with van der Waals surface area (Å²) < 4.78 is 4.71. The highest BCUT2D eigenvalue weighted by Gasteiger charge is 2.24. The lowest BCUT2D eigenvalue weighted by molar-refractivity contribution is 0.0605. The number of benzene rings is 1. The molecule has 2 aromatic rings. The first-order valence-corrected chi connectivity index (χ1v) is 10.1. The minimum absolute atomic E-state index is 0.00362. The molecule has 0 atom stereocenters. The highest BCUT2D eigenvalue weighted by molar-refractivity contribution is 7.15. The standard InChI is InChI=1S/C21H26N2O3S/c1-15(2)17-6-4-16(5-7-17)14-22-10-12-23(13-11-22)20(24)18-8-9-19(27-18)21(25)26-3/h4-9,15H,10-14H2,1-3H3. The Kier molecular flexibility index (Phi) is 6.29. The molecule has 1 aliphatic rings. The van der Waals surface area contributed by atoms with Gasteiger partial charge in [0.15, 0.2) is 0 Å². The Morgan fingerprint density at radius 1 is 1.00 bits per heavy atom. The van der Waals surface area contributed by atoms with Crippen molar-refractivity contribution >= 4 is 23.2 Å². The average Bonchev–Trinajstić information content (AvgIpc) is 3.18. The molecule has 2 heterocycles. The topological polar surface area (TPSA) is 49.9 Å². The molecule has 1 aromatic carbocycles. The van der Waals surface area contributed by atoms with Gasteiger partial charge in [0, 0.05) is 32.7 Å². The van der Waals surface area contributed by atoms with Gasteiger partial charge >= 0.3 is 5.97 Å². The Morgan fingerprint density at radius 2 is 1.63 bits per heavy atom. The summed E-state index contributed by atoms with van der Waals surface area (Å²) in [6, 6.07) is 12.2. The highest BCUT2D eigenvalue weighted by atomic mass is 32.1. The predicted molar refractivity (Wildman–Crippen MR) is 107 cm³/mol. The van der Waals surface area contributed by atoms with Gasteiger partial charge in [-0.25, -0.2) is 4.79 Å². The van der Waals surface area contributed by atoms with Gasteiger partial charge in [-0.15, -0.1) is 11.3 Å². The smallest absolute Gasteiger partial charge is 0.348 e. The number of ether oxygens (including phenoxy) is 1. The van der Waals surface area contributed by atoms with E-state index in [2.05, 4.69) is 43.0 Å². The van der Waals surface area contributed by atoms with Gasteiger partial charge in [0.2, 0.25) is 0 Å². The van der Waals surface area contributed by atoms with Crippen LogP contribution in [0.1, 0.15) is 50.2 Å². The van der Waals surface area contributed by atoms with Crippen LogP contribution in [0.3, 0.4) is 0 Å². The van der Waals surface area contributed by atoms with E-state index in [1.165, 1.54) is 29.6 Å². The van der Waals surface area contributed by atoms with E-state index in [4.69, 9.17) is 4.74 Å². The molecule has 0 bridgehead atoms.